The molecular weight excluding hydrogens is 352 g/mol. The summed E-state index contributed by atoms with van der Waals surface area (Å²) in [5.41, 5.74) is 2.10. The molecule has 1 aliphatic heterocycles. The van der Waals surface area contributed by atoms with Crippen molar-refractivity contribution < 1.29 is 9.84 Å². The molecule has 2 aromatic carbocycles. The summed E-state index contributed by atoms with van der Waals surface area (Å²) in [5.74, 6) is 0.924. The average molecular weight is 368 g/mol. The lowest BCUT2D eigenvalue weighted by molar-refractivity contribution is 0.0569. The normalized spacial score (nSPS) is 16.2. The molecule has 0 saturated heterocycles. The van der Waals surface area contributed by atoms with Gasteiger partial charge in [0.25, 0.3) is 0 Å². The van der Waals surface area contributed by atoms with Crippen LogP contribution in [-0.2, 0) is 18.4 Å². The fourth-order valence-corrected chi connectivity index (χ4v) is 3.44. The van der Waals surface area contributed by atoms with Crippen molar-refractivity contribution in [1.29, 1.82) is 0 Å². The second kappa shape index (κ2) is 5.64. The minimum atomic E-state index is -0.967. The van der Waals surface area contributed by atoms with E-state index in [1.54, 1.807) is 12.1 Å². The molecule has 1 atom stereocenters. The predicted molar refractivity (Wildman–Crippen MR) is 88.1 cm³/mol. The molecule has 1 unspecified atom stereocenters. The zero-order chi connectivity index (χ0) is 15.0. The Morgan fingerprint density at radius 2 is 2.00 bits per heavy atom. The van der Waals surface area contributed by atoms with E-state index in [-0.39, 0.29) is 0 Å². The van der Waals surface area contributed by atoms with Gasteiger partial charge in [-0.05, 0) is 47.9 Å². The van der Waals surface area contributed by atoms with Gasteiger partial charge in [-0.2, -0.15) is 0 Å². The van der Waals surface area contributed by atoms with Crippen LogP contribution < -0.4 is 4.74 Å². The van der Waals surface area contributed by atoms with E-state index in [4.69, 9.17) is 16.3 Å². The summed E-state index contributed by atoms with van der Waals surface area (Å²) in [5, 5.41) is 11.5. The molecular formula is C17H16BrClO2. The number of hydrogen-bond acceptors (Lipinski definition) is 2. The fourth-order valence-electron chi connectivity index (χ4n) is 2.76. The minimum Gasteiger partial charge on any atom is -0.493 e. The maximum absolute atomic E-state index is 10.8. The van der Waals surface area contributed by atoms with Crippen molar-refractivity contribution in [3.05, 3.63) is 62.6 Å². The van der Waals surface area contributed by atoms with Gasteiger partial charge in [-0.15, -0.1) is 0 Å². The summed E-state index contributed by atoms with van der Waals surface area (Å²) in [7, 11) is 0. The van der Waals surface area contributed by atoms with Crippen molar-refractivity contribution >= 4 is 27.5 Å². The van der Waals surface area contributed by atoms with E-state index in [0.717, 1.165) is 27.8 Å². The molecule has 1 N–H and O–H groups in total. The van der Waals surface area contributed by atoms with Gasteiger partial charge in [0.05, 0.1) is 12.2 Å². The third-order valence-electron chi connectivity index (χ3n) is 3.83. The first kappa shape index (κ1) is 14.9. The first-order valence-corrected chi connectivity index (χ1v) is 8.05. The van der Waals surface area contributed by atoms with E-state index in [2.05, 4.69) is 22.0 Å². The molecule has 0 amide bonds. The van der Waals surface area contributed by atoms with Crippen LogP contribution in [0.5, 0.6) is 5.75 Å². The van der Waals surface area contributed by atoms with Gasteiger partial charge in [0.1, 0.15) is 5.75 Å². The smallest absolute Gasteiger partial charge is 0.126 e. The Morgan fingerprint density at radius 3 is 2.71 bits per heavy atom. The predicted octanol–water partition coefficient (Wildman–Crippen LogP) is 4.49. The van der Waals surface area contributed by atoms with Crippen LogP contribution in [0.1, 0.15) is 23.6 Å². The first-order chi connectivity index (χ1) is 9.95. The number of fused-ring (bicyclic) bond motifs is 1. The second-order valence-electron chi connectivity index (χ2n) is 5.61. The van der Waals surface area contributed by atoms with Crippen molar-refractivity contribution in [1.82, 2.24) is 0 Å². The van der Waals surface area contributed by atoms with Crippen LogP contribution in [0, 0.1) is 0 Å². The molecule has 0 bridgehead atoms. The maximum atomic E-state index is 10.8. The van der Waals surface area contributed by atoms with Crippen LogP contribution in [-0.4, -0.2) is 11.7 Å². The van der Waals surface area contributed by atoms with E-state index in [1.165, 1.54) is 5.56 Å². The van der Waals surface area contributed by atoms with E-state index in [1.807, 2.05) is 25.1 Å². The average Bonchev–Trinajstić information content (AvgIpc) is 2.87. The molecule has 1 aliphatic rings. The summed E-state index contributed by atoms with van der Waals surface area (Å²) in [6, 6.07) is 11.4. The molecule has 21 heavy (non-hydrogen) atoms. The summed E-state index contributed by atoms with van der Waals surface area (Å²) in [6.07, 6.45) is 1.42. The third kappa shape index (κ3) is 3.10. The number of ether oxygens (including phenoxy) is 1. The zero-order valence-electron chi connectivity index (χ0n) is 11.7. The molecule has 110 valence electrons. The number of rotatable bonds is 3. The molecule has 1 heterocycles. The largest absolute Gasteiger partial charge is 0.493 e. The highest BCUT2D eigenvalue weighted by Crippen LogP contribution is 2.37. The van der Waals surface area contributed by atoms with Crippen LogP contribution in [0.15, 0.2) is 40.9 Å². The Labute approximate surface area is 137 Å². The lowest BCUT2D eigenvalue weighted by Crippen LogP contribution is -2.24. The van der Waals surface area contributed by atoms with Gasteiger partial charge in [-0.1, -0.05) is 39.7 Å². The highest BCUT2D eigenvalue weighted by atomic mass is 79.9. The number of halogens is 2. The highest BCUT2D eigenvalue weighted by molar-refractivity contribution is 9.10. The van der Waals surface area contributed by atoms with Gasteiger partial charge >= 0.3 is 0 Å². The van der Waals surface area contributed by atoms with E-state index >= 15 is 0 Å². The monoisotopic (exact) mass is 366 g/mol. The van der Waals surface area contributed by atoms with Crippen LogP contribution >= 0.6 is 27.5 Å². The first-order valence-electron chi connectivity index (χ1n) is 6.88. The lowest BCUT2D eigenvalue weighted by Gasteiger charge is -2.25. The quantitative estimate of drug-likeness (QED) is 0.866. The fraction of sp³-hybridized carbons (Fsp3) is 0.294. The summed E-state index contributed by atoms with van der Waals surface area (Å²) in [6.45, 7) is 2.53. The van der Waals surface area contributed by atoms with Crippen molar-refractivity contribution in [2.45, 2.75) is 25.4 Å². The SMILES string of the molecule is CC(O)(Cc1cc(Br)cc2c1OCC2)c1ccc(Cl)cc1. The van der Waals surface area contributed by atoms with Gasteiger partial charge in [0.15, 0.2) is 0 Å². The Balaban J connectivity index is 1.94. The molecule has 3 rings (SSSR count). The summed E-state index contributed by atoms with van der Waals surface area (Å²) < 4.78 is 6.75. The molecule has 2 aromatic rings. The number of hydrogen-bond donors (Lipinski definition) is 1. The van der Waals surface area contributed by atoms with Crippen LogP contribution in [0.4, 0.5) is 0 Å². The van der Waals surface area contributed by atoms with Crippen LogP contribution in [0.3, 0.4) is 0 Å². The number of aliphatic hydroxyl groups is 1. The molecule has 0 radical (unpaired) electrons. The van der Waals surface area contributed by atoms with Crippen molar-refractivity contribution in [3.8, 4) is 5.75 Å². The van der Waals surface area contributed by atoms with Crippen molar-refractivity contribution in [3.63, 3.8) is 0 Å². The van der Waals surface area contributed by atoms with E-state index < -0.39 is 5.60 Å². The second-order valence-corrected chi connectivity index (χ2v) is 6.96. The zero-order valence-corrected chi connectivity index (χ0v) is 14.0. The van der Waals surface area contributed by atoms with Gasteiger partial charge in [-0.3, -0.25) is 0 Å². The standard InChI is InChI=1S/C17H16BrClO2/c1-17(20,13-2-4-15(19)5-3-13)10-12-9-14(18)8-11-6-7-21-16(11)12/h2-5,8-9,20H,6-7,10H2,1H3. The van der Waals surface area contributed by atoms with Gasteiger partial charge in [0.2, 0.25) is 0 Å². The van der Waals surface area contributed by atoms with Crippen LogP contribution in [0.25, 0.3) is 0 Å². The number of benzene rings is 2. The topological polar surface area (TPSA) is 29.5 Å². The van der Waals surface area contributed by atoms with Crippen molar-refractivity contribution in [2.75, 3.05) is 6.61 Å². The molecule has 4 heteroatoms. The lowest BCUT2D eigenvalue weighted by atomic mass is 9.88. The van der Waals surface area contributed by atoms with Crippen LogP contribution in [0.2, 0.25) is 5.02 Å². The molecule has 2 nitrogen and oxygen atoms in total. The summed E-state index contributed by atoms with van der Waals surface area (Å²) in [4.78, 5) is 0. The maximum Gasteiger partial charge on any atom is 0.126 e. The third-order valence-corrected chi connectivity index (χ3v) is 4.54. The molecule has 0 aliphatic carbocycles. The van der Waals surface area contributed by atoms with Gasteiger partial charge < -0.3 is 9.84 Å². The van der Waals surface area contributed by atoms with Gasteiger partial charge in [-0.25, -0.2) is 0 Å². The highest BCUT2D eigenvalue weighted by Gasteiger charge is 2.27. The van der Waals surface area contributed by atoms with E-state index in [9.17, 15) is 5.11 Å². The van der Waals surface area contributed by atoms with E-state index in [0.29, 0.717) is 18.1 Å². The van der Waals surface area contributed by atoms with Crippen molar-refractivity contribution in [2.24, 2.45) is 0 Å². The molecule has 0 aromatic heterocycles. The summed E-state index contributed by atoms with van der Waals surface area (Å²) >= 11 is 9.45. The molecule has 0 saturated carbocycles. The molecule has 0 spiro atoms. The Morgan fingerprint density at radius 1 is 1.29 bits per heavy atom. The minimum absolute atomic E-state index is 0.496. The Bertz CT molecular complexity index is 665. The van der Waals surface area contributed by atoms with Gasteiger partial charge in [0, 0.05) is 22.3 Å². The Kier molecular flexibility index (Phi) is 4.00. The molecule has 0 fully saturated rings. The Hall–Kier alpha value is -1.03.